The van der Waals surface area contributed by atoms with Crippen molar-refractivity contribution in [3.63, 3.8) is 0 Å². The molecule has 4 heterocycles. The van der Waals surface area contributed by atoms with E-state index in [-0.39, 0.29) is 5.56 Å². The Hall–Kier alpha value is -1.73. The summed E-state index contributed by atoms with van der Waals surface area (Å²) in [5.74, 6) is 2.52. The summed E-state index contributed by atoms with van der Waals surface area (Å²) in [6, 6.07) is 1.78. The molecule has 0 aromatic carbocycles. The summed E-state index contributed by atoms with van der Waals surface area (Å²) in [6.07, 6.45) is 4.58. The van der Waals surface area contributed by atoms with Gasteiger partial charge in [-0.1, -0.05) is 0 Å². The number of aryl methyl sites for hydroxylation is 2. The first-order valence-electron chi connectivity index (χ1n) is 8.35. The van der Waals surface area contributed by atoms with E-state index in [1.807, 2.05) is 24.9 Å². The SMILES string of the molecule is Cc1cncc(CN2CC(Cn3nc4c(cc3=O)CSCC4)C2)n1. The van der Waals surface area contributed by atoms with Crippen LogP contribution in [0, 0.1) is 12.8 Å². The van der Waals surface area contributed by atoms with Gasteiger partial charge in [0.25, 0.3) is 5.56 Å². The highest BCUT2D eigenvalue weighted by Crippen LogP contribution is 2.22. The van der Waals surface area contributed by atoms with Gasteiger partial charge in [-0.15, -0.1) is 0 Å². The van der Waals surface area contributed by atoms with Gasteiger partial charge in [-0.25, -0.2) is 4.68 Å². The second-order valence-corrected chi connectivity index (χ2v) is 7.76. The number of thioether (sulfide) groups is 1. The molecule has 4 rings (SSSR count). The van der Waals surface area contributed by atoms with E-state index in [2.05, 4.69) is 20.0 Å². The lowest BCUT2D eigenvalue weighted by atomic mass is 10.00. The van der Waals surface area contributed by atoms with Crippen molar-refractivity contribution in [3.05, 3.63) is 51.5 Å². The Kier molecular flexibility index (Phi) is 4.37. The van der Waals surface area contributed by atoms with Crippen LogP contribution in [0.1, 0.15) is 22.6 Å². The molecule has 0 bridgehead atoms. The van der Waals surface area contributed by atoms with Gasteiger partial charge in [-0.2, -0.15) is 16.9 Å². The molecule has 24 heavy (non-hydrogen) atoms. The van der Waals surface area contributed by atoms with Crippen LogP contribution in [0.5, 0.6) is 0 Å². The second-order valence-electron chi connectivity index (χ2n) is 6.65. The van der Waals surface area contributed by atoms with E-state index in [1.54, 1.807) is 16.9 Å². The number of aromatic nitrogens is 4. The first kappa shape index (κ1) is 15.8. The highest BCUT2D eigenvalue weighted by molar-refractivity contribution is 7.98. The maximum Gasteiger partial charge on any atom is 0.267 e. The van der Waals surface area contributed by atoms with Crippen molar-refractivity contribution in [1.82, 2.24) is 24.6 Å². The van der Waals surface area contributed by atoms with Crippen LogP contribution in [-0.2, 0) is 25.3 Å². The molecule has 1 saturated heterocycles. The Morgan fingerprint density at radius 1 is 1.33 bits per heavy atom. The van der Waals surface area contributed by atoms with Crippen molar-refractivity contribution < 1.29 is 0 Å². The van der Waals surface area contributed by atoms with Crippen LogP contribution in [-0.4, -0.2) is 43.5 Å². The van der Waals surface area contributed by atoms with Gasteiger partial charge in [0.15, 0.2) is 0 Å². The molecule has 0 unspecified atom stereocenters. The van der Waals surface area contributed by atoms with Gasteiger partial charge in [-0.05, 0) is 18.2 Å². The van der Waals surface area contributed by atoms with Gasteiger partial charge in [-0.3, -0.25) is 19.7 Å². The molecule has 2 aliphatic rings. The predicted molar refractivity (Wildman–Crippen MR) is 93.9 cm³/mol. The Morgan fingerprint density at radius 3 is 3.04 bits per heavy atom. The van der Waals surface area contributed by atoms with Crippen molar-refractivity contribution in [2.45, 2.75) is 32.2 Å². The number of rotatable bonds is 4. The molecule has 2 aromatic rings. The van der Waals surface area contributed by atoms with E-state index >= 15 is 0 Å². The van der Waals surface area contributed by atoms with Crippen molar-refractivity contribution in [3.8, 4) is 0 Å². The zero-order chi connectivity index (χ0) is 16.5. The lowest BCUT2D eigenvalue weighted by Crippen LogP contribution is -2.49. The van der Waals surface area contributed by atoms with E-state index in [4.69, 9.17) is 0 Å². The molecule has 0 radical (unpaired) electrons. The first-order valence-corrected chi connectivity index (χ1v) is 9.50. The first-order chi connectivity index (χ1) is 11.7. The molecule has 0 N–H and O–H groups in total. The third kappa shape index (κ3) is 3.37. The van der Waals surface area contributed by atoms with Gasteiger partial charge in [0.1, 0.15) is 0 Å². The quantitative estimate of drug-likeness (QED) is 0.833. The van der Waals surface area contributed by atoms with Gasteiger partial charge in [0.2, 0.25) is 0 Å². The fourth-order valence-corrected chi connectivity index (χ4v) is 4.32. The molecule has 0 atom stereocenters. The van der Waals surface area contributed by atoms with Crippen LogP contribution in [0.2, 0.25) is 0 Å². The van der Waals surface area contributed by atoms with Gasteiger partial charge in [0, 0.05) is 56.2 Å². The molecule has 0 aliphatic carbocycles. The van der Waals surface area contributed by atoms with Crippen LogP contribution in [0.15, 0.2) is 23.3 Å². The van der Waals surface area contributed by atoms with E-state index in [0.29, 0.717) is 5.92 Å². The predicted octanol–water partition coefficient (Wildman–Crippen LogP) is 1.26. The summed E-state index contributed by atoms with van der Waals surface area (Å²) in [5.41, 5.74) is 4.24. The Morgan fingerprint density at radius 2 is 2.21 bits per heavy atom. The van der Waals surface area contributed by atoms with Crippen LogP contribution in [0.4, 0.5) is 0 Å². The summed E-state index contributed by atoms with van der Waals surface area (Å²) in [5, 5.41) is 4.61. The molecule has 126 valence electrons. The topological polar surface area (TPSA) is 63.9 Å². The van der Waals surface area contributed by atoms with E-state index < -0.39 is 0 Å². The fraction of sp³-hybridized carbons (Fsp3) is 0.529. The average molecular weight is 343 g/mol. The minimum atomic E-state index is 0.0410. The zero-order valence-electron chi connectivity index (χ0n) is 13.8. The van der Waals surface area contributed by atoms with Gasteiger partial charge < -0.3 is 0 Å². The lowest BCUT2D eigenvalue weighted by molar-refractivity contribution is 0.0751. The van der Waals surface area contributed by atoms with Crippen LogP contribution in [0.3, 0.4) is 0 Å². The summed E-state index contributed by atoms with van der Waals surface area (Å²) in [4.78, 5) is 23.3. The number of hydrogen-bond acceptors (Lipinski definition) is 6. The molecule has 0 amide bonds. The second kappa shape index (κ2) is 6.64. The van der Waals surface area contributed by atoms with Crippen molar-refractivity contribution >= 4 is 11.8 Å². The molecular weight excluding hydrogens is 322 g/mol. The monoisotopic (exact) mass is 343 g/mol. The van der Waals surface area contributed by atoms with E-state index in [1.165, 1.54) is 0 Å². The van der Waals surface area contributed by atoms with E-state index in [0.717, 1.165) is 66.8 Å². The smallest absolute Gasteiger partial charge is 0.267 e. The lowest BCUT2D eigenvalue weighted by Gasteiger charge is -2.39. The summed E-state index contributed by atoms with van der Waals surface area (Å²) in [6.45, 7) is 5.47. The van der Waals surface area contributed by atoms with Crippen LogP contribution < -0.4 is 5.56 Å². The van der Waals surface area contributed by atoms with Gasteiger partial charge in [0.05, 0.1) is 23.6 Å². The number of fused-ring (bicyclic) bond motifs is 1. The van der Waals surface area contributed by atoms with Crippen molar-refractivity contribution in [1.29, 1.82) is 0 Å². The Bertz CT molecular complexity index is 800. The molecule has 6 nitrogen and oxygen atoms in total. The highest BCUT2D eigenvalue weighted by atomic mass is 32.2. The molecule has 2 aromatic heterocycles. The largest absolute Gasteiger partial charge is 0.297 e. The minimum Gasteiger partial charge on any atom is -0.297 e. The molecule has 0 spiro atoms. The van der Waals surface area contributed by atoms with Crippen molar-refractivity contribution in [2.75, 3.05) is 18.8 Å². The zero-order valence-corrected chi connectivity index (χ0v) is 14.6. The van der Waals surface area contributed by atoms with Gasteiger partial charge >= 0.3 is 0 Å². The summed E-state index contributed by atoms with van der Waals surface area (Å²) >= 11 is 1.88. The van der Waals surface area contributed by atoms with Crippen LogP contribution in [0.25, 0.3) is 0 Å². The molecule has 7 heteroatoms. The van der Waals surface area contributed by atoms with E-state index in [9.17, 15) is 4.79 Å². The number of nitrogens with zero attached hydrogens (tertiary/aromatic N) is 5. The normalized spacial score (nSPS) is 18.2. The maximum atomic E-state index is 12.2. The minimum absolute atomic E-state index is 0.0410. The fourth-order valence-electron chi connectivity index (χ4n) is 3.37. The molecule has 1 fully saturated rings. The number of hydrogen-bond donors (Lipinski definition) is 0. The van der Waals surface area contributed by atoms with Crippen LogP contribution >= 0.6 is 11.8 Å². The standard InChI is InChI=1S/C17H21N5OS/c1-12-5-18-6-15(19-12)10-21-7-13(8-21)9-22-17(23)4-14-11-24-3-2-16(14)20-22/h4-6,13H,2-3,7-11H2,1H3. The Balaban J connectivity index is 1.36. The summed E-state index contributed by atoms with van der Waals surface area (Å²) in [7, 11) is 0. The third-order valence-corrected chi connectivity index (χ3v) is 5.57. The maximum absolute atomic E-state index is 12.2. The molecule has 2 aliphatic heterocycles. The average Bonchev–Trinajstić information content (AvgIpc) is 2.53. The Labute approximate surface area is 145 Å². The number of likely N-dealkylation sites (tertiary alicyclic amines) is 1. The molecular formula is C17H21N5OS. The van der Waals surface area contributed by atoms with Crippen molar-refractivity contribution in [2.24, 2.45) is 5.92 Å². The summed E-state index contributed by atoms with van der Waals surface area (Å²) < 4.78 is 1.67. The highest BCUT2D eigenvalue weighted by Gasteiger charge is 2.28. The molecule has 0 saturated carbocycles. The third-order valence-electron chi connectivity index (χ3n) is 4.56.